The number of para-hydroxylation sites is 1. The molecule has 1 aliphatic rings. The lowest BCUT2D eigenvalue weighted by molar-refractivity contribution is 0.158. The van der Waals surface area contributed by atoms with Crippen molar-refractivity contribution in [3.8, 4) is 0 Å². The summed E-state index contributed by atoms with van der Waals surface area (Å²) >= 11 is 0. The fourth-order valence-corrected chi connectivity index (χ4v) is 2.60. The summed E-state index contributed by atoms with van der Waals surface area (Å²) in [5.74, 6) is 0. The van der Waals surface area contributed by atoms with E-state index in [-0.39, 0.29) is 0 Å². The molecule has 0 aromatic heterocycles. The fourth-order valence-electron chi connectivity index (χ4n) is 2.60. The van der Waals surface area contributed by atoms with E-state index in [0.29, 0.717) is 0 Å². The van der Waals surface area contributed by atoms with Crippen molar-refractivity contribution < 1.29 is 0 Å². The van der Waals surface area contributed by atoms with E-state index >= 15 is 0 Å². The van der Waals surface area contributed by atoms with Gasteiger partial charge in [0.25, 0.3) is 0 Å². The van der Waals surface area contributed by atoms with Crippen LogP contribution < -0.4 is 5.32 Å². The maximum absolute atomic E-state index is 3.60. The summed E-state index contributed by atoms with van der Waals surface area (Å²) in [5.41, 5.74) is 2.77. The Bertz CT molecular complexity index is 370. The monoisotopic (exact) mass is 261 g/mol. The summed E-state index contributed by atoms with van der Waals surface area (Å²) in [6.45, 7) is 9.24. The number of rotatable bonds is 6. The molecule has 1 N–H and O–H groups in total. The normalized spacial score (nSPS) is 17.6. The summed E-state index contributed by atoms with van der Waals surface area (Å²) < 4.78 is 0. The molecular weight excluding hydrogens is 234 g/mol. The predicted octanol–water partition coefficient (Wildman–Crippen LogP) is 2.30. The van der Waals surface area contributed by atoms with E-state index in [1.807, 2.05) is 0 Å². The quantitative estimate of drug-likeness (QED) is 0.847. The van der Waals surface area contributed by atoms with Crippen molar-refractivity contribution in [3.05, 3.63) is 29.8 Å². The van der Waals surface area contributed by atoms with Gasteiger partial charge in [0, 0.05) is 45.0 Å². The van der Waals surface area contributed by atoms with Gasteiger partial charge in [-0.15, -0.1) is 0 Å². The standard InChI is InChI=1S/C16H27N3/c1-3-6-15-7-4-5-8-16(15)17-9-10-19-13-11-18(2)12-14-19/h4-5,7-8,17H,3,6,9-14H2,1-2H3. The van der Waals surface area contributed by atoms with Crippen LogP contribution in [0.3, 0.4) is 0 Å². The molecule has 3 nitrogen and oxygen atoms in total. The van der Waals surface area contributed by atoms with E-state index in [1.54, 1.807) is 0 Å². The Morgan fingerprint density at radius 2 is 1.84 bits per heavy atom. The van der Waals surface area contributed by atoms with Gasteiger partial charge < -0.3 is 10.2 Å². The van der Waals surface area contributed by atoms with Crippen LogP contribution in [0.25, 0.3) is 0 Å². The van der Waals surface area contributed by atoms with Gasteiger partial charge in [-0.25, -0.2) is 0 Å². The number of hydrogen-bond donors (Lipinski definition) is 1. The zero-order valence-corrected chi connectivity index (χ0v) is 12.4. The molecular formula is C16H27N3. The molecule has 0 radical (unpaired) electrons. The Morgan fingerprint density at radius 1 is 1.11 bits per heavy atom. The van der Waals surface area contributed by atoms with Crippen LogP contribution in [0, 0.1) is 0 Å². The summed E-state index contributed by atoms with van der Waals surface area (Å²) in [6.07, 6.45) is 2.37. The highest BCUT2D eigenvalue weighted by molar-refractivity contribution is 5.51. The van der Waals surface area contributed by atoms with Crippen LogP contribution in [0.5, 0.6) is 0 Å². The molecule has 0 bridgehead atoms. The van der Waals surface area contributed by atoms with Crippen LogP contribution in [0.1, 0.15) is 18.9 Å². The molecule has 1 aromatic carbocycles. The maximum Gasteiger partial charge on any atom is 0.0373 e. The van der Waals surface area contributed by atoms with E-state index in [0.717, 1.165) is 19.5 Å². The van der Waals surface area contributed by atoms with Crippen LogP contribution in [-0.2, 0) is 6.42 Å². The molecule has 0 spiro atoms. The maximum atomic E-state index is 3.60. The van der Waals surface area contributed by atoms with Crippen molar-refractivity contribution in [2.24, 2.45) is 0 Å². The van der Waals surface area contributed by atoms with Gasteiger partial charge in [0.05, 0.1) is 0 Å². The fraction of sp³-hybridized carbons (Fsp3) is 0.625. The van der Waals surface area contributed by atoms with Crippen molar-refractivity contribution in [1.29, 1.82) is 0 Å². The first-order valence-corrected chi connectivity index (χ1v) is 7.52. The first-order chi connectivity index (χ1) is 9.29. The first kappa shape index (κ1) is 14.4. The minimum absolute atomic E-state index is 1.05. The van der Waals surface area contributed by atoms with Crippen LogP contribution in [0.2, 0.25) is 0 Å². The number of nitrogens with zero attached hydrogens (tertiary/aromatic N) is 2. The van der Waals surface area contributed by atoms with Gasteiger partial charge in [0.15, 0.2) is 0 Å². The Hall–Kier alpha value is -1.06. The van der Waals surface area contributed by atoms with E-state index in [4.69, 9.17) is 0 Å². The topological polar surface area (TPSA) is 18.5 Å². The highest BCUT2D eigenvalue weighted by atomic mass is 15.2. The average Bonchev–Trinajstić information content (AvgIpc) is 2.43. The van der Waals surface area contributed by atoms with Crippen molar-refractivity contribution in [1.82, 2.24) is 9.80 Å². The predicted molar refractivity (Wildman–Crippen MR) is 82.9 cm³/mol. The van der Waals surface area contributed by atoms with Gasteiger partial charge in [-0.2, -0.15) is 0 Å². The second kappa shape index (κ2) is 7.51. The van der Waals surface area contributed by atoms with Gasteiger partial charge in [0.1, 0.15) is 0 Å². The number of benzene rings is 1. The summed E-state index contributed by atoms with van der Waals surface area (Å²) in [6, 6.07) is 8.70. The number of hydrogen-bond acceptors (Lipinski definition) is 3. The molecule has 2 rings (SSSR count). The molecule has 0 unspecified atom stereocenters. The van der Waals surface area contributed by atoms with Gasteiger partial charge in [-0.1, -0.05) is 31.5 Å². The smallest absolute Gasteiger partial charge is 0.0373 e. The Kier molecular flexibility index (Phi) is 5.67. The van der Waals surface area contributed by atoms with Crippen LogP contribution in [0.4, 0.5) is 5.69 Å². The summed E-state index contributed by atoms with van der Waals surface area (Å²) in [5, 5.41) is 3.60. The lowest BCUT2D eigenvalue weighted by Gasteiger charge is -2.32. The van der Waals surface area contributed by atoms with Crippen molar-refractivity contribution in [2.75, 3.05) is 51.6 Å². The SMILES string of the molecule is CCCc1ccccc1NCCN1CCN(C)CC1. The van der Waals surface area contributed by atoms with Crippen LogP contribution >= 0.6 is 0 Å². The molecule has 1 saturated heterocycles. The van der Waals surface area contributed by atoms with Gasteiger partial charge in [-0.05, 0) is 25.1 Å². The second-order valence-electron chi connectivity index (χ2n) is 5.48. The van der Waals surface area contributed by atoms with Gasteiger partial charge >= 0.3 is 0 Å². The van der Waals surface area contributed by atoms with E-state index in [2.05, 4.69) is 53.4 Å². The highest BCUT2D eigenvalue weighted by Gasteiger charge is 2.12. The molecule has 19 heavy (non-hydrogen) atoms. The molecule has 3 heteroatoms. The Morgan fingerprint density at radius 3 is 2.58 bits per heavy atom. The number of likely N-dealkylation sites (N-methyl/N-ethyl adjacent to an activating group) is 1. The largest absolute Gasteiger partial charge is 0.384 e. The minimum atomic E-state index is 1.05. The zero-order chi connectivity index (χ0) is 13.5. The lowest BCUT2D eigenvalue weighted by Crippen LogP contribution is -2.45. The first-order valence-electron chi connectivity index (χ1n) is 7.52. The number of piperazine rings is 1. The Balaban J connectivity index is 1.76. The second-order valence-corrected chi connectivity index (χ2v) is 5.48. The number of anilines is 1. The molecule has 1 aliphatic heterocycles. The number of aryl methyl sites for hydroxylation is 1. The summed E-state index contributed by atoms with van der Waals surface area (Å²) in [7, 11) is 2.20. The molecule has 1 fully saturated rings. The zero-order valence-electron chi connectivity index (χ0n) is 12.4. The van der Waals surface area contributed by atoms with E-state index < -0.39 is 0 Å². The molecule has 0 saturated carbocycles. The molecule has 0 aliphatic carbocycles. The molecule has 106 valence electrons. The third kappa shape index (κ3) is 4.51. The highest BCUT2D eigenvalue weighted by Crippen LogP contribution is 2.16. The molecule has 0 atom stereocenters. The van der Waals surface area contributed by atoms with E-state index in [1.165, 1.54) is 43.9 Å². The molecule has 1 aromatic rings. The number of nitrogens with one attached hydrogen (secondary N) is 1. The third-order valence-electron chi connectivity index (χ3n) is 3.88. The third-order valence-corrected chi connectivity index (χ3v) is 3.88. The van der Waals surface area contributed by atoms with Crippen molar-refractivity contribution in [3.63, 3.8) is 0 Å². The van der Waals surface area contributed by atoms with Gasteiger partial charge in [0.2, 0.25) is 0 Å². The lowest BCUT2D eigenvalue weighted by atomic mass is 10.1. The average molecular weight is 261 g/mol. The van der Waals surface area contributed by atoms with Crippen molar-refractivity contribution in [2.45, 2.75) is 19.8 Å². The van der Waals surface area contributed by atoms with Crippen LogP contribution in [0.15, 0.2) is 24.3 Å². The molecule has 1 heterocycles. The van der Waals surface area contributed by atoms with E-state index in [9.17, 15) is 0 Å². The molecule has 0 amide bonds. The minimum Gasteiger partial charge on any atom is -0.384 e. The van der Waals surface area contributed by atoms with Gasteiger partial charge in [-0.3, -0.25) is 4.90 Å². The Labute approximate surface area is 117 Å². The van der Waals surface area contributed by atoms with Crippen molar-refractivity contribution >= 4 is 5.69 Å². The summed E-state index contributed by atoms with van der Waals surface area (Å²) in [4.78, 5) is 4.95. The van der Waals surface area contributed by atoms with Crippen LogP contribution in [-0.4, -0.2) is 56.1 Å².